The maximum atomic E-state index is 11.7. The van der Waals surface area contributed by atoms with Gasteiger partial charge in [0.15, 0.2) is 0 Å². The van der Waals surface area contributed by atoms with Crippen LogP contribution >= 0.6 is 0 Å². The molecule has 0 aromatic carbocycles. The summed E-state index contributed by atoms with van der Waals surface area (Å²) in [6.45, 7) is 0.633. The fourth-order valence-corrected chi connectivity index (χ4v) is 1.75. The highest BCUT2D eigenvalue weighted by molar-refractivity contribution is 7.88. The van der Waals surface area contributed by atoms with Crippen LogP contribution in [0.3, 0.4) is 0 Å². The molecule has 3 N–H and O–H groups in total. The molecule has 0 fully saturated rings. The smallest absolute Gasteiger partial charge is 0.271 e. The lowest BCUT2D eigenvalue weighted by atomic mass is 10.4. The highest BCUT2D eigenvalue weighted by Gasteiger charge is 2.07. The molecule has 1 aromatic rings. The SMILES string of the molecule is CNc1cncc(C(=O)NCCCNS(C)(=O)=O)n1. The minimum Gasteiger partial charge on any atom is -0.372 e. The monoisotopic (exact) mass is 287 g/mol. The number of anilines is 1. The minimum absolute atomic E-state index is 0.211. The Labute approximate surface area is 112 Å². The number of carbonyl (C=O) groups excluding carboxylic acids is 1. The van der Waals surface area contributed by atoms with Crippen molar-refractivity contribution in [3.05, 3.63) is 18.1 Å². The van der Waals surface area contributed by atoms with Crippen molar-refractivity contribution in [3.63, 3.8) is 0 Å². The standard InChI is InChI=1S/C10H17N5O3S/c1-11-9-7-12-6-8(15-9)10(16)13-4-3-5-14-19(2,17)18/h6-7,14H,3-5H2,1-2H3,(H,11,15)(H,13,16). The van der Waals surface area contributed by atoms with Gasteiger partial charge in [0.2, 0.25) is 10.0 Å². The van der Waals surface area contributed by atoms with Crippen LogP contribution in [0.25, 0.3) is 0 Å². The van der Waals surface area contributed by atoms with Gasteiger partial charge in [0, 0.05) is 20.1 Å². The fourth-order valence-electron chi connectivity index (χ4n) is 1.23. The first-order valence-corrected chi connectivity index (χ1v) is 7.54. The van der Waals surface area contributed by atoms with E-state index in [0.29, 0.717) is 18.8 Å². The summed E-state index contributed by atoms with van der Waals surface area (Å²) in [6.07, 6.45) is 4.46. The summed E-state index contributed by atoms with van der Waals surface area (Å²) in [5.74, 6) is 0.162. The van der Waals surface area contributed by atoms with Gasteiger partial charge in [0.25, 0.3) is 5.91 Å². The first-order chi connectivity index (χ1) is 8.92. The molecule has 0 unspecified atom stereocenters. The molecule has 19 heavy (non-hydrogen) atoms. The second kappa shape index (κ2) is 7.00. The molecule has 0 aliphatic heterocycles. The van der Waals surface area contributed by atoms with E-state index in [9.17, 15) is 13.2 Å². The zero-order valence-corrected chi connectivity index (χ0v) is 11.6. The molecule has 0 aliphatic carbocycles. The van der Waals surface area contributed by atoms with Crippen molar-refractivity contribution < 1.29 is 13.2 Å². The van der Waals surface area contributed by atoms with E-state index in [2.05, 4.69) is 25.3 Å². The van der Waals surface area contributed by atoms with E-state index in [-0.39, 0.29) is 18.1 Å². The van der Waals surface area contributed by atoms with Crippen LogP contribution in [0.5, 0.6) is 0 Å². The van der Waals surface area contributed by atoms with Gasteiger partial charge < -0.3 is 10.6 Å². The predicted molar refractivity (Wildman–Crippen MR) is 71.4 cm³/mol. The maximum Gasteiger partial charge on any atom is 0.271 e. The number of carbonyl (C=O) groups is 1. The van der Waals surface area contributed by atoms with Crippen molar-refractivity contribution in [2.24, 2.45) is 0 Å². The average molecular weight is 287 g/mol. The highest BCUT2D eigenvalue weighted by Crippen LogP contribution is 2.00. The quantitative estimate of drug-likeness (QED) is 0.565. The van der Waals surface area contributed by atoms with Crippen LogP contribution in [0.2, 0.25) is 0 Å². The number of nitrogens with one attached hydrogen (secondary N) is 3. The van der Waals surface area contributed by atoms with Crippen molar-refractivity contribution in [3.8, 4) is 0 Å². The van der Waals surface area contributed by atoms with Crippen LogP contribution in [0, 0.1) is 0 Å². The van der Waals surface area contributed by atoms with Crippen LogP contribution in [-0.4, -0.2) is 50.7 Å². The molecule has 0 aliphatic rings. The lowest BCUT2D eigenvalue weighted by Crippen LogP contribution is -2.29. The summed E-state index contributed by atoms with van der Waals surface area (Å²) >= 11 is 0. The van der Waals surface area contributed by atoms with Gasteiger partial charge in [-0.15, -0.1) is 0 Å². The van der Waals surface area contributed by atoms with Crippen molar-refractivity contribution in [1.82, 2.24) is 20.0 Å². The Morgan fingerprint density at radius 3 is 2.68 bits per heavy atom. The molecular weight excluding hydrogens is 270 g/mol. The zero-order valence-electron chi connectivity index (χ0n) is 10.8. The van der Waals surface area contributed by atoms with Crippen LogP contribution in [0.15, 0.2) is 12.4 Å². The fraction of sp³-hybridized carbons (Fsp3) is 0.500. The van der Waals surface area contributed by atoms with E-state index in [1.807, 2.05) is 0 Å². The lowest BCUT2D eigenvalue weighted by molar-refractivity contribution is 0.0948. The molecule has 8 nitrogen and oxygen atoms in total. The molecule has 9 heteroatoms. The molecule has 0 radical (unpaired) electrons. The number of hydrogen-bond acceptors (Lipinski definition) is 6. The summed E-state index contributed by atoms with van der Waals surface area (Å²) < 4.78 is 23.9. The molecule has 0 saturated heterocycles. The molecule has 0 bridgehead atoms. The third kappa shape index (κ3) is 6.11. The van der Waals surface area contributed by atoms with E-state index in [4.69, 9.17) is 0 Å². The van der Waals surface area contributed by atoms with Crippen LogP contribution < -0.4 is 15.4 Å². The van der Waals surface area contributed by atoms with E-state index in [0.717, 1.165) is 6.26 Å². The molecule has 0 saturated carbocycles. The first kappa shape index (κ1) is 15.3. The Bertz CT molecular complexity index is 532. The number of sulfonamides is 1. The van der Waals surface area contributed by atoms with Gasteiger partial charge in [-0.3, -0.25) is 9.78 Å². The number of amides is 1. The lowest BCUT2D eigenvalue weighted by Gasteiger charge is -2.06. The molecule has 1 amide bonds. The zero-order chi connectivity index (χ0) is 14.3. The number of nitrogens with zero attached hydrogens (tertiary/aromatic N) is 2. The molecule has 1 rings (SSSR count). The van der Waals surface area contributed by atoms with Gasteiger partial charge in [-0.25, -0.2) is 18.1 Å². The first-order valence-electron chi connectivity index (χ1n) is 5.65. The minimum atomic E-state index is -3.18. The second-order valence-corrected chi connectivity index (χ2v) is 5.65. The predicted octanol–water partition coefficient (Wildman–Crippen LogP) is -0.813. The van der Waals surface area contributed by atoms with E-state index < -0.39 is 10.0 Å². The van der Waals surface area contributed by atoms with Crippen molar-refractivity contribution in [1.29, 1.82) is 0 Å². The van der Waals surface area contributed by atoms with Crippen molar-refractivity contribution >= 4 is 21.7 Å². The third-order valence-corrected chi connectivity index (χ3v) is 2.86. The average Bonchev–Trinajstić information content (AvgIpc) is 2.37. The Hall–Kier alpha value is -1.74. The molecule has 0 spiro atoms. The largest absolute Gasteiger partial charge is 0.372 e. The normalized spacial score (nSPS) is 11.1. The summed E-state index contributed by atoms with van der Waals surface area (Å²) in [7, 11) is -1.50. The Morgan fingerprint density at radius 2 is 2.05 bits per heavy atom. The van der Waals surface area contributed by atoms with E-state index >= 15 is 0 Å². The van der Waals surface area contributed by atoms with Crippen LogP contribution in [-0.2, 0) is 10.0 Å². The number of hydrogen-bond donors (Lipinski definition) is 3. The summed E-state index contributed by atoms with van der Waals surface area (Å²) in [5, 5.41) is 5.42. The topological polar surface area (TPSA) is 113 Å². The number of aromatic nitrogens is 2. The second-order valence-electron chi connectivity index (χ2n) is 3.82. The Kier molecular flexibility index (Phi) is 5.64. The maximum absolute atomic E-state index is 11.7. The summed E-state index contributed by atoms with van der Waals surface area (Å²) in [5.41, 5.74) is 0.211. The number of rotatable bonds is 7. The third-order valence-electron chi connectivity index (χ3n) is 2.13. The van der Waals surface area contributed by atoms with Gasteiger partial charge in [0.1, 0.15) is 11.5 Å². The Morgan fingerprint density at radius 1 is 1.32 bits per heavy atom. The van der Waals surface area contributed by atoms with Gasteiger partial charge in [-0.2, -0.15) is 0 Å². The van der Waals surface area contributed by atoms with Crippen LogP contribution in [0.4, 0.5) is 5.82 Å². The van der Waals surface area contributed by atoms with E-state index in [1.165, 1.54) is 12.4 Å². The van der Waals surface area contributed by atoms with Gasteiger partial charge in [-0.1, -0.05) is 0 Å². The summed E-state index contributed by atoms with van der Waals surface area (Å²) in [6, 6.07) is 0. The molecular formula is C10H17N5O3S. The van der Waals surface area contributed by atoms with Crippen molar-refractivity contribution in [2.45, 2.75) is 6.42 Å². The molecule has 1 heterocycles. The van der Waals surface area contributed by atoms with Crippen molar-refractivity contribution in [2.75, 3.05) is 31.7 Å². The van der Waals surface area contributed by atoms with Crippen LogP contribution in [0.1, 0.15) is 16.9 Å². The molecule has 1 aromatic heterocycles. The Balaban J connectivity index is 2.35. The highest BCUT2D eigenvalue weighted by atomic mass is 32.2. The summed E-state index contributed by atoms with van der Waals surface area (Å²) in [4.78, 5) is 19.6. The van der Waals surface area contributed by atoms with E-state index in [1.54, 1.807) is 7.05 Å². The van der Waals surface area contributed by atoms with Gasteiger partial charge >= 0.3 is 0 Å². The molecule has 0 atom stereocenters. The van der Waals surface area contributed by atoms with Gasteiger partial charge in [-0.05, 0) is 6.42 Å². The van der Waals surface area contributed by atoms with Gasteiger partial charge in [0.05, 0.1) is 18.6 Å². The molecule has 106 valence electrons.